The van der Waals surface area contributed by atoms with E-state index in [0.717, 1.165) is 6.07 Å². The summed E-state index contributed by atoms with van der Waals surface area (Å²) in [5.41, 5.74) is -0.774. The van der Waals surface area contributed by atoms with Crippen LogP contribution in [-0.4, -0.2) is 35.0 Å². The van der Waals surface area contributed by atoms with E-state index in [4.69, 9.17) is 0 Å². The standard InChI is InChI=1S/C16H19F2NO3/c1-16(15(21)22)8-3-9-19(10-16)13(20)7-6-11-4-2-5-12(17)14(11)18/h2,4-5H,3,6-10H2,1H3,(H,21,22). The molecule has 0 spiro atoms. The molecular formula is C16H19F2NO3. The molecule has 0 saturated carbocycles. The summed E-state index contributed by atoms with van der Waals surface area (Å²) in [5.74, 6) is -3.00. The van der Waals surface area contributed by atoms with Gasteiger partial charge in [-0.3, -0.25) is 9.59 Å². The molecule has 1 aromatic rings. The van der Waals surface area contributed by atoms with E-state index in [1.54, 1.807) is 6.92 Å². The molecule has 2 rings (SSSR count). The van der Waals surface area contributed by atoms with Crippen LogP contribution in [0.2, 0.25) is 0 Å². The minimum Gasteiger partial charge on any atom is -0.481 e. The van der Waals surface area contributed by atoms with Gasteiger partial charge >= 0.3 is 5.97 Å². The predicted octanol–water partition coefficient (Wildman–Crippen LogP) is 2.61. The van der Waals surface area contributed by atoms with Gasteiger partial charge in [-0.2, -0.15) is 0 Å². The first-order valence-electron chi connectivity index (χ1n) is 7.27. The molecule has 4 nitrogen and oxygen atoms in total. The molecule has 1 aromatic carbocycles. The molecule has 6 heteroatoms. The molecule has 0 aromatic heterocycles. The number of aliphatic carboxylic acids is 1. The first-order chi connectivity index (χ1) is 10.3. The number of halogens is 2. The molecule has 1 amide bonds. The monoisotopic (exact) mass is 311 g/mol. The van der Waals surface area contributed by atoms with Crippen molar-refractivity contribution in [2.75, 3.05) is 13.1 Å². The van der Waals surface area contributed by atoms with Gasteiger partial charge in [-0.1, -0.05) is 12.1 Å². The molecule has 1 heterocycles. The second kappa shape index (κ2) is 6.42. The number of amides is 1. The molecule has 1 fully saturated rings. The quantitative estimate of drug-likeness (QED) is 0.930. The summed E-state index contributed by atoms with van der Waals surface area (Å²) in [6.07, 6.45) is 1.30. The van der Waals surface area contributed by atoms with Crippen LogP contribution in [0.25, 0.3) is 0 Å². The van der Waals surface area contributed by atoms with E-state index >= 15 is 0 Å². The Kier molecular flexibility index (Phi) is 4.78. The van der Waals surface area contributed by atoms with Gasteiger partial charge in [0.2, 0.25) is 5.91 Å². The van der Waals surface area contributed by atoms with Gasteiger partial charge in [-0.05, 0) is 37.8 Å². The second-order valence-electron chi connectivity index (χ2n) is 6.00. The number of hydrogen-bond donors (Lipinski definition) is 1. The molecule has 0 bridgehead atoms. The first kappa shape index (κ1) is 16.4. The Morgan fingerprint density at radius 3 is 2.77 bits per heavy atom. The number of likely N-dealkylation sites (tertiary alicyclic amines) is 1. The third kappa shape index (κ3) is 3.43. The van der Waals surface area contributed by atoms with Crippen molar-refractivity contribution in [3.05, 3.63) is 35.4 Å². The van der Waals surface area contributed by atoms with Crippen molar-refractivity contribution in [1.82, 2.24) is 4.90 Å². The van der Waals surface area contributed by atoms with Crippen LogP contribution < -0.4 is 0 Å². The number of benzene rings is 1. The highest BCUT2D eigenvalue weighted by Gasteiger charge is 2.39. The number of carbonyl (C=O) groups is 2. The lowest BCUT2D eigenvalue weighted by molar-refractivity contribution is -0.153. The molecular weight excluding hydrogens is 292 g/mol. The van der Waals surface area contributed by atoms with E-state index in [0.29, 0.717) is 19.4 Å². The Morgan fingerprint density at radius 2 is 2.09 bits per heavy atom. The fourth-order valence-electron chi connectivity index (χ4n) is 2.77. The Bertz CT molecular complexity index is 591. The van der Waals surface area contributed by atoms with Crippen molar-refractivity contribution in [2.45, 2.75) is 32.6 Å². The highest BCUT2D eigenvalue weighted by molar-refractivity contribution is 5.79. The lowest BCUT2D eigenvalue weighted by Crippen LogP contribution is -2.48. The summed E-state index contributed by atoms with van der Waals surface area (Å²) in [7, 11) is 0. The average molecular weight is 311 g/mol. The molecule has 1 saturated heterocycles. The van der Waals surface area contributed by atoms with Crippen molar-refractivity contribution in [3.8, 4) is 0 Å². The summed E-state index contributed by atoms with van der Waals surface area (Å²) >= 11 is 0. The van der Waals surface area contributed by atoms with Crippen molar-refractivity contribution < 1.29 is 23.5 Å². The van der Waals surface area contributed by atoms with Crippen molar-refractivity contribution in [3.63, 3.8) is 0 Å². The second-order valence-corrected chi connectivity index (χ2v) is 6.00. The van der Waals surface area contributed by atoms with Gasteiger partial charge in [-0.15, -0.1) is 0 Å². The summed E-state index contributed by atoms with van der Waals surface area (Å²) in [6, 6.07) is 3.88. The maximum atomic E-state index is 13.5. The molecule has 1 atom stereocenters. The zero-order chi connectivity index (χ0) is 16.3. The highest BCUT2D eigenvalue weighted by Crippen LogP contribution is 2.30. The number of piperidine rings is 1. The van der Waals surface area contributed by atoms with Crippen LogP contribution >= 0.6 is 0 Å². The van der Waals surface area contributed by atoms with Crippen molar-refractivity contribution in [2.24, 2.45) is 5.41 Å². The largest absolute Gasteiger partial charge is 0.481 e. The van der Waals surface area contributed by atoms with Crippen LogP contribution in [0.5, 0.6) is 0 Å². The molecule has 1 N–H and O–H groups in total. The number of rotatable bonds is 4. The minimum absolute atomic E-state index is 0.0378. The predicted molar refractivity (Wildman–Crippen MR) is 76.2 cm³/mol. The van der Waals surface area contributed by atoms with Crippen LogP contribution in [0.1, 0.15) is 31.7 Å². The average Bonchev–Trinajstić information content (AvgIpc) is 2.48. The van der Waals surface area contributed by atoms with Crippen LogP contribution in [0, 0.1) is 17.0 Å². The van der Waals surface area contributed by atoms with Gasteiger partial charge < -0.3 is 10.0 Å². The molecule has 0 aliphatic carbocycles. The van der Waals surface area contributed by atoms with Crippen molar-refractivity contribution in [1.29, 1.82) is 0 Å². The SMILES string of the molecule is CC1(C(=O)O)CCCN(C(=O)CCc2cccc(F)c2F)C1. The molecule has 1 aliphatic rings. The number of nitrogens with zero attached hydrogens (tertiary/aromatic N) is 1. The molecule has 1 unspecified atom stereocenters. The van der Waals surface area contributed by atoms with E-state index in [1.807, 2.05) is 0 Å². The number of carbonyl (C=O) groups excluding carboxylic acids is 1. The van der Waals surface area contributed by atoms with Gasteiger partial charge in [0.05, 0.1) is 5.41 Å². The summed E-state index contributed by atoms with van der Waals surface area (Å²) in [5, 5.41) is 9.24. The van der Waals surface area contributed by atoms with E-state index in [-0.39, 0.29) is 30.9 Å². The maximum absolute atomic E-state index is 13.5. The van der Waals surface area contributed by atoms with Crippen LogP contribution in [0.15, 0.2) is 18.2 Å². The van der Waals surface area contributed by atoms with Crippen molar-refractivity contribution >= 4 is 11.9 Å². The lowest BCUT2D eigenvalue weighted by atomic mass is 9.82. The third-order valence-corrected chi connectivity index (χ3v) is 4.21. The Balaban J connectivity index is 1.98. The number of carboxylic acid groups (broad SMARTS) is 1. The summed E-state index contributed by atoms with van der Waals surface area (Å²) in [4.78, 5) is 25.0. The van der Waals surface area contributed by atoms with Gasteiger partial charge in [0.25, 0.3) is 0 Å². The lowest BCUT2D eigenvalue weighted by Gasteiger charge is -2.37. The molecule has 1 aliphatic heterocycles. The van der Waals surface area contributed by atoms with Crippen LogP contribution in [-0.2, 0) is 16.0 Å². The van der Waals surface area contributed by atoms with Gasteiger partial charge in [0, 0.05) is 19.5 Å². The van der Waals surface area contributed by atoms with Gasteiger partial charge in [0.15, 0.2) is 11.6 Å². The molecule has 120 valence electrons. The maximum Gasteiger partial charge on any atom is 0.311 e. The Hall–Kier alpha value is -1.98. The van der Waals surface area contributed by atoms with E-state index in [1.165, 1.54) is 17.0 Å². The van der Waals surface area contributed by atoms with Gasteiger partial charge in [0.1, 0.15) is 0 Å². The molecule has 0 radical (unpaired) electrons. The number of carboxylic acids is 1. The van der Waals surface area contributed by atoms with Crippen LogP contribution in [0.3, 0.4) is 0 Å². The smallest absolute Gasteiger partial charge is 0.311 e. The highest BCUT2D eigenvalue weighted by atomic mass is 19.2. The molecule has 22 heavy (non-hydrogen) atoms. The fourth-order valence-corrected chi connectivity index (χ4v) is 2.77. The Labute approximate surface area is 127 Å². The Morgan fingerprint density at radius 1 is 1.36 bits per heavy atom. The number of hydrogen-bond acceptors (Lipinski definition) is 2. The zero-order valence-corrected chi connectivity index (χ0v) is 12.4. The summed E-state index contributed by atoms with van der Waals surface area (Å²) in [6.45, 7) is 2.29. The normalized spacial score (nSPS) is 21.7. The third-order valence-electron chi connectivity index (χ3n) is 4.21. The van der Waals surface area contributed by atoms with Gasteiger partial charge in [-0.25, -0.2) is 8.78 Å². The summed E-state index contributed by atoms with van der Waals surface area (Å²) < 4.78 is 26.7. The topological polar surface area (TPSA) is 57.6 Å². The zero-order valence-electron chi connectivity index (χ0n) is 12.4. The minimum atomic E-state index is -0.933. The number of aryl methyl sites for hydroxylation is 1. The first-order valence-corrected chi connectivity index (χ1v) is 7.27. The van der Waals surface area contributed by atoms with Crippen LogP contribution in [0.4, 0.5) is 8.78 Å². The fraction of sp³-hybridized carbons (Fsp3) is 0.500. The van der Waals surface area contributed by atoms with E-state index in [9.17, 15) is 23.5 Å². The van der Waals surface area contributed by atoms with E-state index in [2.05, 4.69) is 0 Å². The van der Waals surface area contributed by atoms with E-state index < -0.39 is 23.0 Å².